The first-order valence-corrected chi connectivity index (χ1v) is 6.39. The molecule has 3 heteroatoms. The monoisotopic (exact) mass is 208 g/mol. The fourth-order valence-corrected chi connectivity index (χ4v) is 3.42. The zero-order valence-electron chi connectivity index (χ0n) is 9.24. The molecule has 1 amide bonds. The van der Waals surface area contributed by atoms with E-state index in [4.69, 9.17) is 0 Å². The van der Waals surface area contributed by atoms with Crippen molar-refractivity contribution in [1.82, 2.24) is 10.2 Å². The van der Waals surface area contributed by atoms with Crippen molar-refractivity contribution >= 4 is 5.91 Å². The first-order valence-electron chi connectivity index (χ1n) is 6.39. The quantitative estimate of drug-likeness (QED) is 0.701. The SMILES string of the molecule is O=C([C@H]1NC2CCC1CC2)N1CCCC1. The van der Waals surface area contributed by atoms with Gasteiger partial charge in [0.1, 0.15) is 0 Å². The van der Waals surface area contributed by atoms with Gasteiger partial charge in [-0.2, -0.15) is 0 Å². The van der Waals surface area contributed by atoms with E-state index in [0.717, 1.165) is 13.1 Å². The summed E-state index contributed by atoms with van der Waals surface area (Å²) >= 11 is 0. The maximum Gasteiger partial charge on any atom is 0.239 e. The van der Waals surface area contributed by atoms with E-state index >= 15 is 0 Å². The van der Waals surface area contributed by atoms with Gasteiger partial charge in [0, 0.05) is 19.1 Å². The average Bonchev–Trinajstić information content (AvgIpc) is 2.83. The standard InChI is InChI=1S/C12H20N2O/c15-12(14-7-1-2-8-14)11-9-3-5-10(13-11)6-4-9/h9-11,13H,1-8H2/t9?,10?,11-/m0/s1. The Labute approximate surface area is 91.2 Å². The maximum absolute atomic E-state index is 12.3. The molecule has 0 aromatic heterocycles. The molecule has 0 aromatic rings. The molecule has 15 heavy (non-hydrogen) atoms. The van der Waals surface area contributed by atoms with Crippen molar-refractivity contribution in [1.29, 1.82) is 0 Å². The molecule has 1 N–H and O–H groups in total. The predicted octanol–water partition coefficient (Wildman–Crippen LogP) is 1.14. The van der Waals surface area contributed by atoms with Crippen molar-refractivity contribution in [2.75, 3.05) is 13.1 Å². The summed E-state index contributed by atoms with van der Waals surface area (Å²) in [6, 6.07) is 0.794. The lowest BCUT2D eigenvalue weighted by molar-refractivity contribution is -0.136. The van der Waals surface area contributed by atoms with Crippen molar-refractivity contribution < 1.29 is 4.79 Å². The lowest BCUT2D eigenvalue weighted by Gasteiger charge is -2.43. The molecule has 0 aromatic carbocycles. The van der Waals surface area contributed by atoms with Gasteiger partial charge >= 0.3 is 0 Å². The van der Waals surface area contributed by atoms with Crippen LogP contribution in [0.1, 0.15) is 38.5 Å². The summed E-state index contributed by atoms with van der Waals surface area (Å²) in [5.41, 5.74) is 0. The van der Waals surface area contributed by atoms with Crippen LogP contribution in [0.5, 0.6) is 0 Å². The van der Waals surface area contributed by atoms with E-state index < -0.39 is 0 Å². The van der Waals surface area contributed by atoms with Crippen LogP contribution in [0.4, 0.5) is 0 Å². The van der Waals surface area contributed by atoms with Crippen LogP contribution in [0.25, 0.3) is 0 Å². The minimum Gasteiger partial charge on any atom is -0.341 e. The van der Waals surface area contributed by atoms with Crippen molar-refractivity contribution in [2.24, 2.45) is 5.92 Å². The fourth-order valence-electron chi connectivity index (χ4n) is 3.42. The summed E-state index contributed by atoms with van der Waals surface area (Å²) in [6.45, 7) is 1.99. The van der Waals surface area contributed by atoms with E-state index in [1.165, 1.54) is 38.5 Å². The number of piperidine rings is 2. The molecule has 4 rings (SSSR count). The third-order valence-electron chi connectivity index (χ3n) is 4.34. The first kappa shape index (κ1) is 9.64. The number of likely N-dealkylation sites (tertiary alicyclic amines) is 1. The molecular weight excluding hydrogens is 188 g/mol. The normalized spacial score (nSPS) is 39.7. The third kappa shape index (κ3) is 1.67. The topological polar surface area (TPSA) is 32.3 Å². The summed E-state index contributed by atoms with van der Waals surface area (Å²) in [4.78, 5) is 14.3. The fraction of sp³-hybridized carbons (Fsp3) is 0.917. The van der Waals surface area contributed by atoms with Gasteiger partial charge in [-0.15, -0.1) is 0 Å². The summed E-state index contributed by atoms with van der Waals surface area (Å²) in [5, 5.41) is 3.54. The number of amides is 1. The highest BCUT2D eigenvalue weighted by atomic mass is 16.2. The summed E-state index contributed by atoms with van der Waals surface area (Å²) in [5.74, 6) is 1.02. The second-order valence-corrected chi connectivity index (χ2v) is 5.29. The van der Waals surface area contributed by atoms with Gasteiger partial charge in [-0.1, -0.05) is 0 Å². The number of hydrogen-bond donors (Lipinski definition) is 1. The van der Waals surface area contributed by atoms with Crippen molar-refractivity contribution in [3.8, 4) is 0 Å². The van der Waals surface area contributed by atoms with E-state index in [-0.39, 0.29) is 6.04 Å². The predicted molar refractivity (Wildman–Crippen MR) is 58.5 cm³/mol. The van der Waals surface area contributed by atoms with Crippen molar-refractivity contribution in [2.45, 2.75) is 50.6 Å². The van der Waals surface area contributed by atoms with E-state index in [1.54, 1.807) is 0 Å². The van der Waals surface area contributed by atoms with Crippen LogP contribution < -0.4 is 5.32 Å². The van der Waals surface area contributed by atoms with E-state index in [9.17, 15) is 4.79 Å². The number of nitrogens with one attached hydrogen (secondary N) is 1. The van der Waals surface area contributed by atoms with Crippen LogP contribution in [0.2, 0.25) is 0 Å². The van der Waals surface area contributed by atoms with Crippen LogP contribution in [0.3, 0.4) is 0 Å². The number of hydrogen-bond acceptors (Lipinski definition) is 2. The molecule has 1 aliphatic carbocycles. The number of rotatable bonds is 1. The lowest BCUT2D eigenvalue weighted by Crippen LogP contribution is -2.59. The molecule has 0 spiro atoms. The van der Waals surface area contributed by atoms with Crippen LogP contribution >= 0.6 is 0 Å². The second kappa shape index (κ2) is 3.78. The Bertz CT molecular complexity index is 252. The van der Waals surface area contributed by atoms with E-state index in [1.807, 2.05) is 0 Å². The average molecular weight is 208 g/mol. The first-order chi connectivity index (χ1) is 7.34. The van der Waals surface area contributed by atoms with Gasteiger partial charge in [-0.05, 0) is 44.4 Å². The molecule has 0 unspecified atom stereocenters. The molecule has 1 atom stereocenters. The molecule has 1 saturated carbocycles. The lowest BCUT2D eigenvalue weighted by atomic mass is 9.76. The number of fused-ring (bicyclic) bond motifs is 3. The van der Waals surface area contributed by atoms with E-state index in [2.05, 4.69) is 10.2 Å². The Hall–Kier alpha value is -0.570. The summed E-state index contributed by atoms with van der Waals surface area (Å²) in [6.07, 6.45) is 7.51. The van der Waals surface area contributed by atoms with Gasteiger partial charge in [-0.25, -0.2) is 0 Å². The Morgan fingerprint density at radius 1 is 1.07 bits per heavy atom. The molecule has 3 nitrogen and oxygen atoms in total. The van der Waals surface area contributed by atoms with Crippen LogP contribution in [0.15, 0.2) is 0 Å². The second-order valence-electron chi connectivity index (χ2n) is 5.29. The molecule has 84 valence electrons. The van der Waals surface area contributed by atoms with Gasteiger partial charge in [0.15, 0.2) is 0 Å². The number of nitrogens with zero attached hydrogens (tertiary/aromatic N) is 1. The van der Waals surface area contributed by atoms with Gasteiger partial charge < -0.3 is 10.2 Å². The van der Waals surface area contributed by atoms with Crippen LogP contribution in [-0.4, -0.2) is 36.0 Å². The smallest absolute Gasteiger partial charge is 0.239 e. The molecular formula is C12H20N2O. The minimum atomic E-state index is 0.163. The third-order valence-corrected chi connectivity index (χ3v) is 4.34. The molecule has 0 radical (unpaired) electrons. The van der Waals surface area contributed by atoms with Gasteiger partial charge in [0.25, 0.3) is 0 Å². The maximum atomic E-state index is 12.3. The molecule has 4 aliphatic rings. The highest BCUT2D eigenvalue weighted by Gasteiger charge is 2.40. The largest absolute Gasteiger partial charge is 0.341 e. The number of carbonyl (C=O) groups is 1. The van der Waals surface area contributed by atoms with E-state index in [0.29, 0.717) is 17.9 Å². The highest BCUT2D eigenvalue weighted by molar-refractivity contribution is 5.82. The summed E-state index contributed by atoms with van der Waals surface area (Å²) < 4.78 is 0. The van der Waals surface area contributed by atoms with Crippen molar-refractivity contribution in [3.05, 3.63) is 0 Å². The minimum absolute atomic E-state index is 0.163. The molecule has 2 bridgehead atoms. The Balaban J connectivity index is 1.68. The number of carbonyl (C=O) groups excluding carboxylic acids is 1. The highest BCUT2D eigenvalue weighted by Crippen LogP contribution is 2.34. The van der Waals surface area contributed by atoms with Gasteiger partial charge in [0.05, 0.1) is 6.04 Å². The molecule has 3 aliphatic heterocycles. The molecule has 4 fully saturated rings. The van der Waals surface area contributed by atoms with Crippen LogP contribution in [0, 0.1) is 5.92 Å². The Morgan fingerprint density at radius 3 is 2.27 bits per heavy atom. The zero-order valence-corrected chi connectivity index (χ0v) is 9.24. The molecule has 3 saturated heterocycles. The van der Waals surface area contributed by atoms with Crippen LogP contribution in [-0.2, 0) is 4.79 Å². The Morgan fingerprint density at radius 2 is 1.73 bits per heavy atom. The zero-order chi connectivity index (χ0) is 10.3. The van der Waals surface area contributed by atoms with Gasteiger partial charge in [-0.3, -0.25) is 4.79 Å². The van der Waals surface area contributed by atoms with Gasteiger partial charge in [0.2, 0.25) is 5.91 Å². The Kier molecular flexibility index (Phi) is 2.43. The van der Waals surface area contributed by atoms with Crippen molar-refractivity contribution in [3.63, 3.8) is 0 Å². The molecule has 3 heterocycles. The summed E-state index contributed by atoms with van der Waals surface area (Å²) in [7, 11) is 0.